The topological polar surface area (TPSA) is 70.1 Å². The molecule has 0 aromatic heterocycles. The van der Waals surface area contributed by atoms with Crippen molar-refractivity contribution in [1.82, 2.24) is 9.80 Å². The number of ether oxygens (including phenoxy) is 1. The Morgan fingerprint density at radius 3 is 2.83 bits per heavy atom. The summed E-state index contributed by atoms with van der Waals surface area (Å²) in [5.41, 5.74) is 1.08. The molecule has 0 bridgehead atoms. The lowest BCUT2D eigenvalue weighted by Crippen LogP contribution is -2.59. The molecule has 6 nitrogen and oxygen atoms in total. The van der Waals surface area contributed by atoms with Crippen LogP contribution in [0.1, 0.15) is 25.3 Å². The van der Waals surface area contributed by atoms with Gasteiger partial charge >= 0.3 is 0 Å². The van der Waals surface area contributed by atoms with Crippen molar-refractivity contribution < 1.29 is 19.4 Å². The van der Waals surface area contributed by atoms with Gasteiger partial charge in [0.15, 0.2) is 0 Å². The Kier molecular flexibility index (Phi) is 4.37. The van der Waals surface area contributed by atoms with E-state index in [1.807, 2.05) is 30.3 Å². The minimum absolute atomic E-state index is 0.235. The number of rotatable bonds is 5. The molecular formula is C17H22N2O4. The zero-order valence-electron chi connectivity index (χ0n) is 13.2. The monoisotopic (exact) mass is 318 g/mol. The fraction of sp³-hybridized carbons (Fsp3) is 0.529. The molecule has 23 heavy (non-hydrogen) atoms. The number of carbonyl (C=O) groups is 2. The lowest BCUT2D eigenvalue weighted by molar-refractivity contribution is -0.280. The van der Waals surface area contributed by atoms with E-state index in [1.54, 1.807) is 6.92 Å². The van der Waals surface area contributed by atoms with Crippen molar-refractivity contribution in [3.05, 3.63) is 35.9 Å². The minimum atomic E-state index is -1.73. The Morgan fingerprint density at radius 1 is 1.39 bits per heavy atom. The molecule has 1 aromatic carbocycles. The van der Waals surface area contributed by atoms with Crippen molar-refractivity contribution in [2.24, 2.45) is 0 Å². The van der Waals surface area contributed by atoms with Gasteiger partial charge in [-0.05, 0) is 31.7 Å². The van der Waals surface area contributed by atoms with Gasteiger partial charge in [0.2, 0.25) is 6.41 Å². The van der Waals surface area contributed by atoms with Crippen LogP contribution in [0, 0.1) is 0 Å². The zero-order chi connectivity index (χ0) is 16.4. The summed E-state index contributed by atoms with van der Waals surface area (Å²) in [7, 11) is 0. The van der Waals surface area contributed by atoms with E-state index in [9.17, 15) is 14.7 Å². The molecule has 2 aliphatic rings. The number of aliphatic hydroxyl groups is 1. The first kappa shape index (κ1) is 16.0. The standard InChI is InChI=1S/C17H22N2O4/c1-13-16(21)19(11-9-14-6-3-2-4-7-14)17(22,23-13)15-8-5-10-18(15)12-20/h2-4,6-7,12-13,15,22H,5,8-11H2,1H3/t13-,15?,17+/m1/s1. The summed E-state index contributed by atoms with van der Waals surface area (Å²) < 4.78 is 5.61. The SMILES string of the molecule is C[C@H]1O[C@@](O)(C2CCCN2C=O)N(CCc2ccccc2)C1=O. The van der Waals surface area contributed by atoms with Crippen molar-refractivity contribution in [3.8, 4) is 0 Å². The Hall–Kier alpha value is -1.92. The van der Waals surface area contributed by atoms with Gasteiger partial charge in [-0.15, -0.1) is 0 Å². The molecule has 3 atom stereocenters. The number of hydrogen-bond acceptors (Lipinski definition) is 4. The Labute approximate surface area is 135 Å². The van der Waals surface area contributed by atoms with E-state index in [-0.39, 0.29) is 5.91 Å². The summed E-state index contributed by atoms with van der Waals surface area (Å²) in [6, 6.07) is 9.28. The molecule has 6 heteroatoms. The number of carbonyl (C=O) groups excluding carboxylic acids is 2. The third-order valence-corrected chi connectivity index (χ3v) is 4.68. The highest BCUT2D eigenvalue weighted by atomic mass is 16.7. The normalized spacial score (nSPS) is 31.0. The summed E-state index contributed by atoms with van der Waals surface area (Å²) in [6.07, 6.45) is 2.06. The average molecular weight is 318 g/mol. The second-order valence-corrected chi connectivity index (χ2v) is 6.15. The van der Waals surface area contributed by atoms with Crippen molar-refractivity contribution in [2.45, 2.75) is 44.2 Å². The molecule has 2 aliphatic heterocycles. The molecule has 0 aliphatic carbocycles. The Bertz CT molecular complexity index is 579. The smallest absolute Gasteiger partial charge is 0.273 e. The maximum Gasteiger partial charge on any atom is 0.273 e. The van der Waals surface area contributed by atoms with Crippen LogP contribution in [0.15, 0.2) is 30.3 Å². The quantitative estimate of drug-likeness (QED) is 0.813. The lowest BCUT2D eigenvalue weighted by Gasteiger charge is -2.39. The molecule has 124 valence electrons. The first-order chi connectivity index (χ1) is 11.1. The summed E-state index contributed by atoms with van der Waals surface area (Å²) in [6.45, 7) is 2.57. The first-order valence-corrected chi connectivity index (χ1v) is 8.03. The number of benzene rings is 1. The fourth-order valence-corrected chi connectivity index (χ4v) is 3.49. The van der Waals surface area contributed by atoms with Gasteiger partial charge in [-0.1, -0.05) is 30.3 Å². The van der Waals surface area contributed by atoms with Crippen molar-refractivity contribution in [3.63, 3.8) is 0 Å². The van der Waals surface area contributed by atoms with Gasteiger partial charge in [0.25, 0.3) is 11.8 Å². The molecule has 2 saturated heterocycles. The number of nitrogens with zero attached hydrogens (tertiary/aromatic N) is 2. The molecule has 1 unspecified atom stereocenters. The van der Waals surface area contributed by atoms with Gasteiger partial charge in [-0.3, -0.25) is 14.5 Å². The third-order valence-electron chi connectivity index (χ3n) is 4.68. The summed E-state index contributed by atoms with van der Waals surface area (Å²) in [5.74, 6) is -1.97. The molecule has 1 aromatic rings. The predicted molar refractivity (Wildman–Crippen MR) is 83.1 cm³/mol. The van der Waals surface area contributed by atoms with Crippen LogP contribution in [-0.4, -0.2) is 58.4 Å². The molecule has 2 heterocycles. The van der Waals surface area contributed by atoms with Gasteiger partial charge < -0.3 is 14.7 Å². The second kappa shape index (κ2) is 6.29. The summed E-state index contributed by atoms with van der Waals surface area (Å²) >= 11 is 0. The van der Waals surface area contributed by atoms with Crippen LogP contribution in [0.25, 0.3) is 0 Å². The van der Waals surface area contributed by atoms with Crippen LogP contribution < -0.4 is 0 Å². The summed E-state index contributed by atoms with van der Waals surface area (Å²) in [4.78, 5) is 26.6. The largest absolute Gasteiger partial charge is 0.347 e. The van der Waals surface area contributed by atoms with Gasteiger partial charge in [0.1, 0.15) is 12.1 Å². The fourth-order valence-electron chi connectivity index (χ4n) is 3.49. The van der Waals surface area contributed by atoms with E-state index in [1.165, 1.54) is 9.80 Å². The van der Waals surface area contributed by atoms with E-state index in [4.69, 9.17) is 4.74 Å². The van der Waals surface area contributed by atoms with E-state index < -0.39 is 18.1 Å². The number of hydrogen-bond donors (Lipinski definition) is 1. The highest BCUT2D eigenvalue weighted by molar-refractivity contribution is 5.83. The Balaban J connectivity index is 1.80. The van der Waals surface area contributed by atoms with Crippen molar-refractivity contribution in [1.29, 1.82) is 0 Å². The molecule has 2 amide bonds. The van der Waals surface area contributed by atoms with Crippen LogP contribution in [0.5, 0.6) is 0 Å². The zero-order valence-corrected chi connectivity index (χ0v) is 13.2. The maximum absolute atomic E-state index is 12.4. The highest BCUT2D eigenvalue weighted by Crippen LogP contribution is 2.36. The molecule has 0 spiro atoms. The Morgan fingerprint density at radius 2 is 2.13 bits per heavy atom. The summed E-state index contributed by atoms with van der Waals surface area (Å²) in [5, 5.41) is 11.1. The highest BCUT2D eigenvalue weighted by Gasteiger charge is 2.56. The van der Waals surface area contributed by atoms with Gasteiger partial charge in [-0.25, -0.2) is 0 Å². The van der Waals surface area contributed by atoms with Gasteiger partial charge in [0, 0.05) is 13.1 Å². The van der Waals surface area contributed by atoms with E-state index in [2.05, 4.69) is 0 Å². The van der Waals surface area contributed by atoms with Gasteiger partial charge in [0.05, 0.1) is 0 Å². The third kappa shape index (κ3) is 2.84. The molecule has 0 saturated carbocycles. The molecule has 1 N–H and O–H groups in total. The maximum atomic E-state index is 12.4. The lowest BCUT2D eigenvalue weighted by atomic mass is 10.1. The first-order valence-electron chi connectivity index (χ1n) is 8.03. The van der Waals surface area contributed by atoms with Crippen LogP contribution in [0.3, 0.4) is 0 Å². The average Bonchev–Trinajstić information content (AvgIpc) is 3.12. The molecular weight excluding hydrogens is 296 g/mol. The van der Waals surface area contributed by atoms with E-state index in [0.29, 0.717) is 25.9 Å². The second-order valence-electron chi connectivity index (χ2n) is 6.15. The number of likely N-dealkylation sites (tertiary alicyclic amines) is 1. The molecule has 3 rings (SSSR count). The minimum Gasteiger partial charge on any atom is -0.347 e. The molecule has 0 radical (unpaired) electrons. The predicted octanol–water partition coefficient (Wildman–Crippen LogP) is 0.743. The van der Waals surface area contributed by atoms with Crippen molar-refractivity contribution in [2.75, 3.05) is 13.1 Å². The van der Waals surface area contributed by atoms with Crippen LogP contribution in [0.2, 0.25) is 0 Å². The van der Waals surface area contributed by atoms with E-state index >= 15 is 0 Å². The van der Waals surface area contributed by atoms with E-state index in [0.717, 1.165) is 18.4 Å². The van der Waals surface area contributed by atoms with Crippen molar-refractivity contribution >= 4 is 12.3 Å². The molecule has 2 fully saturated rings. The number of amides is 2. The van der Waals surface area contributed by atoms with Crippen LogP contribution in [-0.2, 0) is 20.7 Å². The van der Waals surface area contributed by atoms with Gasteiger partial charge in [-0.2, -0.15) is 0 Å². The van der Waals surface area contributed by atoms with Crippen LogP contribution >= 0.6 is 0 Å². The van der Waals surface area contributed by atoms with Crippen LogP contribution in [0.4, 0.5) is 0 Å².